The van der Waals surface area contributed by atoms with Crippen LogP contribution in [0.4, 0.5) is 0 Å². The molecule has 1 aliphatic carbocycles. The van der Waals surface area contributed by atoms with Crippen molar-refractivity contribution in [2.45, 2.75) is 76.9 Å². The normalized spacial score (nSPS) is 22.2. The molecule has 1 atom stereocenters. The van der Waals surface area contributed by atoms with E-state index >= 15 is 0 Å². The van der Waals surface area contributed by atoms with Gasteiger partial charge in [0, 0.05) is 19.3 Å². The van der Waals surface area contributed by atoms with Crippen LogP contribution in [0.1, 0.15) is 70.6 Å². The number of unbranched alkanes of at least 4 members (excludes halogenated alkanes) is 3. The van der Waals surface area contributed by atoms with Crippen molar-refractivity contribution in [3.05, 3.63) is 11.6 Å². The summed E-state index contributed by atoms with van der Waals surface area (Å²) in [5.41, 5.74) is 1.02. The van der Waals surface area contributed by atoms with Gasteiger partial charge in [0.25, 0.3) is 0 Å². The number of allylic oxidation sites excluding steroid dienone is 2. The zero-order valence-electron chi connectivity index (χ0n) is 12.8. The molecule has 2 aliphatic rings. The standard InChI is InChI=1S/C17H26O4/c18-15-10-7-9-14(15)8-3-1-2-4-11-16(19)21-17-12-5-6-13-20-17/h9,17H,1-8,10-13H2. The Kier molecular flexibility index (Phi) is 6.93. The van der Waals surface area contributed by atoms with Crippen molar-refractivity contribution in [2.75, 3.05) is 6.61 Å². The Hall–Kier alpha value is -1.16. The van der Waals surface area contributed by atoms with Gasteiger partial charge in [-0.1, -0.05) is 18.9 Å². The average Bonchev–Trinajstić information content (AvgIpc) is 2.89. The van der Waals surface area contributed by atoms with Crippen LogP contribution in [0.3, 0.4) is 0 Å². The van der Waals surface area contributed by atoms with Crippen molar-refractivity contribution in [3.8, 4) is 0 Å². The second-order valence-electron chi connectivity index (χ2n) is 5.89. The highest BCUT2D eigenvalue weighted by molar-refractivity contribution is 5.97. The topological polar surface area (TPSA) is 52.6 Å². The maximum absolute atomic E-state index is 11.6. The zero-order chi connectivity index (χ0) is 14.9. The summed E-state index contributed by atoms with van der Waals surface area (Å²) in [5.74, 6) is 0.182. The highest BCUT2D eigenvalue weighted by Gasteiger charge is 2.18. The molecule has 21 heavy (non-hydrogen) atoms. The molecule has 0 aromatic rings. The second kappa shape index (κ2) is 8.98. The average molecular weight is 294 g/mol. The van der Waals surface area contributed by atoms with Crippen LogP contribution in [0.25, 0.3) is 0 Å². The first-order valence-corrected chi connectivity index (χ1v) is 8.29. The number of hydrogen-bond donors (Lipinski definition) is 0. The molecule has 1 aliphatic heterocycles. The van der Waals surface area contributed by atoms with E-state index in [4.69, 9.17) is 9.47 Å². The van der Waals surface area contributed by atoms with Crippen molar-refractivity contribution >= 4 is 11.8 Å². The van der Waals surface area contributed by atoms with E-state index in [0.717, 1.165) is 63.4 Å². The van der Waals surface area contributed by atoms with Crippen LogP contribution in [-0.4, -0.2) is 24.6 Å². The Labute approximate surface area is 126 Å². The van der Waals surface area contributed by atoms with E-state index < -0.39 is 0 Å². The Morgan fingerprint density at radius 3 is 2.81 bits per heavy atom. The Balaban J connectivity index is 1.45. The maximum Gasteiger partial charge on any atom is 0.308 e. The quantitative estimate of drug-likeness (QED) is 0.506. The number of rotatable bonds is 8. The van der Waals surface area contributed by atoms with Gasteiger partial charge in [-0.05, 0) is 44.1 Å². The van der Waals surface area contributed by atoms with Gasteiger partial charge < -0.3 is 9.47 Å². The minimum atomic E-state index is -0.313. The van der Waals surface area contributed by atoms with Crippen LogP contribution in [0.2, 0.25) is 0 Å². The molecule has 118 valence electrons. The van der Waals surface area contributed by atoms with Crippen LogP contribution in [0.5, 0.6) is 0 Å². The molecule has 0 bridgehead atoms. The molecule has 0 amide bonds. The summed E-state index contributed by atoms with van der Waals surface area (Å²) in [6, 6.07) is 0. The summed E-state index contributed by atoms with van der Waals surface area (Å²) < 4.78 is 10.7. The van der Waals surface area contributed by atoms with Crippen LogP contribution >= 0.6 is 0 Å². The summed E-state index contributed by atoms with van der Waals surface area (Å²) in [5, 5.41) is 0. The van der Waals surface area contributed by atoms with E-state index in [1.54, 1.807) is 0 Å². The molecule has 1 saturated heterocycles. The number of esters is 1. The number of carbonyl (C=O) groups is 2. The van der Waals surface area contributed by atoms with Crippen LogP contribution in [0.15, 0.2) is 11.6 Å². The fourth-order valence-corrected chi connectivity index (χ4v) is 2.84. The predicted molar refractivity (Wildman–Crippen MR) is 79.7 cm³/mol. The number of ketones is 1. The van der Waals surface area contributed by atoms with E-state index in [0.29, 0.717) is 25.2 Å². The van der Waals surface area contributed by atoms with Crippen LogP contribution in [0, 0.1) is 0 Å². The second-order valence-corrected chi connectivity index (χ2v) is 5.89. The van der Waals surface area contributed by atoms with Crippen molar-refractivity contribution in [3.63, 3.8) is 0 Å². The molecular weight excluding hydrogens is 268 g/mol. The van der Waals surface area contributed by atoms with Gasteiger partial charge in [0.2, 0.25) is 6.29 Å². The third-order valence-electron chi connectivity index (χ3n) is 4.10. The molecule has 0 saturated carbocycles. The van der Waals surface area contributed by atoms with Crippen molar-refractivity contribution in [1.82, 2.24) is 0 Å². The van der Waals surface area contributed by atoms with Gasteiger partial charge in [-0.2, -0.15) is 0 Å². The van der Waals surface area contributed by atoms with Crippen molar-refractivity contribution in [1.29, 1.82) is 0 Å². The molecule has 0 spiro atoms. The summed E-state index contributed by atoms with van der Waals surface area (Å²) in [7, 11) is 0. The van der Waals surface area contributed by atoms with E-state index in [-0.39, 0.29) is 12.3 Å². The SMILES string of the molecule is O=C(CCCCCCC1=CCCC1=O)OC1CCCCO1. The molecule has 1 unspecified atom stereocenters. The van der Waals surface area contributed by atoms with E-state index in [1.807, 2.05) is 0 Å². The molecular formula is C17H26O4. The fourth-order valence-electron chi connectivity index (χ4n) is 2.84. The first-order valence-electron chi connectivity index (χ1n) is 8.29. The van der Waals surface area contributed by atoms with E-state index in [2.05, 4.69) is 6.08 Å². The van der Waals surface area contributed by atoms with E-state index in [1.165, 1.54) is 0 Å². The van der Waals surface area contributed by atoms with Crippen molar-refractivity contribution < 1.29 is 19.1 Å². The molecule has 4 nitrogen and oxygen atoms in total. The minimum Gasteiger partial charge on any atom is -0.436 e. The van der Waals surface area contributed by atoms with Gasteiger partial charge in [0.1, 0.15) is 0 Å². The molecule has 0 aromatic carbocycles. The van der Waals surface area contributed by atoms with Gasteiger partial charge in [-0.3, -0.25) is 9.59 Å². The van der Waals surface area contributed by atoms with Gasteiger partial charge in [-0.15, -0.1) is 0 Å². The Morgan fingerprint density at radius 1 is 1.24 bits per heavy atom. The molecule has 0 aromatic heterocycles. The lowest BCUT2D eigenvalue weighted by atomic mass is 10.0. The van der Waals surface area contributed by atoms with Gasteiger partial charge in [0.15, 0.2) is 5.78 Å². The third-order valence-corrected chi connectivity index (χ3v) is 4.10. The maximum atomic E-state index is 11.6. The fraction of sp³-hybridized carbons (Fsp3) is 0.765. The first kappa shape index (κ1) is 16.2. The minimum absolute atomic E-state index is 0.143. The molecule has 1 heterocycles. The molecule has 0 N–H and O–H groups in total. The molecule has 2 rings (SSSR count). The molecule has 0 radical (unpaired) electrons. The Morgan fingerprint density at radius 2 is 2.10 bits per heavy atom. The molecule has 4 heteroatoms. The zero-order valence-corrected chi connectivity index (χ0v) is 12.8. The lowest BCUT2D eigenvalue weighted by molar-refractivity contribution is -0.186. The summed E-state index contributed by atoms with van der Waals surface area (Å²) in [4.78, 5) is 23.1. The third kappa shape index (κ3) is 6.00. The Bertz CT molecular complexity index is 380. The smallest absolute Gasteiger partial charge is 0.308 e. The summed E-state index contributed by atoms with van der Waals surface area (Å²) in [6.07, 6.45) is 11.7. The van der Waals surface area contributed by atoms with Gasteiger partial charge in [-0.25, -0.2) is 0 Å². The number of Topliss-reactive ketones (excluding diaryl/α,β-unsaturated/α-hetero) is 1. The van der Waals surface area contributed by atoms with Crippen molar-refractivity contribution in [2.24, 2.45) is 0 Å². The predicted octanol–water partition coefficient (Wildman–Crippen LogP) is 3.69. The van der Waals surface area contributed by atoms with Gasteiger partial charge in [0.05, 0.1) is 6.61 Å². The number of carbonyl (C=O) groups excluding carboxylic acids is 2. The summed E-state index contributed by atoms with van der Waals surface area (Å²) in [6.45, 7) is 0.701. The van der Waals surface area contributed by atoms with E-state index in [9.17, 15) is 9.59 Å². The largest absolute Gasteiger partial charge is 0.436 e. The highest BCUT2D eigenvalue weighted by atomic mass is 16.7. The van der Waals surface area contributed by atoms with Crippen LogP contribution < -0.4 is 0 Å². The monoisotopic (exact) mass is 294 g/mol. The van der Waals surface area contributed by atoms with Crippen LogP contribution in [-0.2, 0) is 19.1 Å². The number of hydrogen-bond acceptors (Lipinski definition) is 4. The highest BCUT2D eigenvalue weighted by Crippen LogP contribution is 2.20. The number of ether oxygens (including phenoxy) is 2. The lowest BCUT2D eigenvalue weighted by Crippen LogP contribution is -2.25. The van der Waals surface area contributed by atoms with Gasteiger partial charge >= 0.3 is 5.97 Å². The summed E-state index contributed by atoms with van der Waals surface area (Å²) >= 11 is 0. The first-order chi connectivity index (χ1) is 10.3. The lowest BCUT2D eigenvalue weighted by Gasteiger charge is -2.22. The molecule has 1 fully saturated rings.